The Morgan fingerprint density at radius 1 is 0.809 bits per heavy atom. The van der Waals surface area contributed by atoms with Crippen molar-refractivity contribution in [2.45, 2.75) is 57.8 Å². The summed E-state index contributed by atoms with van der Waals surface area (Å²) in [5.41, 5.74) is 1.94. The molecule has 10 nitrogen and oxygen atoms in total. The van der Waals surface area contributed by atoms with Crippen LogP contribution in [0.3, 0.4) is 0 Å². The number of carbonyl (C=O) groups excluding carboxylic acids is 3. The molecule has 5 rings (SSSR count). The molecule has 47 heavy (non-hydrogen) atoms. The fourth-order valence-electron chi connectivity index (χ4n) is 5.20. The number of nitrogens with one attached hydrogen (secondary N) is 2. The third kappa shape index (κ3) is 9.03. The van der Waals surface area contributed by atoms with Crippen molar-refractivity contribution in [3.63, 3.8) is 0 Å². The molecule has 4 aromatic carbocycles. The van der Waals surface area contributed by atoms with E-state index < -0.39 is 35.6 Å². The molecule has 1 heterocycles. The molecule has 3 amide bonds. The van der Waals surface area contributed by atoms with E-state index in [1.807, 2.05) is 103 Å². The quantitative estimate of drug-likeness (QED) is 0.182. The number of aromatic nitrogens is 2. The van der Waals surface area contributed by atoms with E-state index in [4.69, 9.17) is 9.26 Å². The molecule has 242 valence electrons. The largest absolute Gasteiger partial charge is 0.444 e. The van der Waals surface area contributed by atoms with Crippen LogP contribution in [0, 0.1) is 0 Å². The lowest BCUT2D eigenvalue weighted by atomic mass is 9.99. The number of ether oxygens (including phenoxy) is 1. The van der Waals surface area contributed by atoms with Crippen LogP contribution in [0.2, 0.25) is 0 Å². The lowest BCUT2D eigenvalue weighted by molar-refractivity contribution is -0.135. The van der Waals surface area contributed by atoms with Gasteiger partial charge in [0.25, 0.3) is 11.7 Å². The lowest BCUT2D eigenvalue weighted by Crippen LogP contribution is -2.50. The van der Waals surface area contributed by atoms with E-state index in [-0.39, 0.29) is 18.1 Å². The number of fused-ring (bicyclic) bond motifs is 1. The Kier molecular flexibility index (Phi) is 10.3. The summed E-state index contributed by atoms with van der Waals surface area (Å²) >= 11 is 0. The second-order valence-electron chi connectivity index (χ2n) is 12.4. The van der Waals surface area contributed by atoms with Gasteiger partial charge in [0.2, 0.25) is 11.8 Å². The summed E-state index contributed by atoms with van der Waals surface area (Å²) < 4.78 is 11.1. The molecule has 0 aliphatic rings. The van der Waals surface area contributed by atoms with E-state index in [9.17, 15) is 14.4 Å². The summed E-state index contributed by atoms with van der Waals surface area (Å²) in [4.78, 5) is 46.1. The predicted octanol–water partition coefficient (Wildman–Crippen LogP) is 6.03. The SMILES string of the molecule is CN(C(=O)C(Cc1ccc2ccccc2c1)NC(=O)OC(C)(C)C)[C@H](Cc1ccccc1)c1nc(C(=O)NCc2ccccc2)no1. The van der Waals surface area contributed by atoms with Gasteiger partial charge in [0.1, 0.15) is 17.7 Å². The first-order valence-electron chi connectivity index (χ1n) is 15.5. The monoisotopic (exact) mass is 633 g/mol. The molecule has 1 aromatic heterocycles. The number of rotatable bonds is 11. The molecule has 0 saturated carbocycles. The van der Waals surface area contributed by atoms with Crippen LogP contribution in [0.1, 0.15) is 60.0 Å². The van der Waals surface area contributed by atoms with Crippen molar-refractivity contribution in [2.24, 2.45) is 0 Å². The minimum absolute atomic E-state index is 0.0938. The highest BCUT2D eigenvalue weighted by Gasteiger charge is 2.34. The first-order valence-corrected chi connectivity index (χ1v) is 15.5. The van der Waals surface area contributed by atoms with Gasteiger partial charge in [0.05, 0.1) is 0 Å². The highest BCUT2D eigenvalue weighted by molar-refractivity contribution is 5.90. The first kappa shape index (κ1) is 32.9. The van der Waals surface area contributed by atoms with Crippen LogP contribution in [-0.4, -0.2) is 51.6 Å². The Bertz CT molecular complexity index is 1820. The standard InChI is InChI=1S/C37H39N5O5/c1-37(2,3)46-36(45)39-30(22-27-19-20-28-17-11-12-18-29(28)21-27)35(44)42(4)31(23-25-13-7-5-8-14-25)34-40-32(41-47-34)33(43)38-24-26-15-9-6-10-16-26/h5-21,30-31H,22-24H2,1-4H3,(H,38,43)(H,39,45)/t30?,31-/m1/s1. The summed E-state index contributed by atoms with van der Waals surface area (Å²) in [5, 5.41) is 11.6. The predicted molar refractivity (Wildman–Crippen MR) is 178 cm³/mol. The number of carbonyl (C=O) groups is 3. The summed E-state index contributed by atoms with van der Waals surface area (Å²) in [7, 11) is 1.62. The molecule has 0 spiro atoms. The molecule has 10 heteroatoms. The van der Waals surface area contributed by atoms with Gasteiger partial charge >= 0.3 is 6.09 Å². The second kappa shape index (κ2) is 14.7. The summed E-state index contributed by atoms with van der Waals surface area (Å²) in [6.07, 6.45) is -0.173. The number of likely N-dealkylation sites (N-methyl/N-ethyl adjacent to an activating group) is 1. The van der Waals surface area contributed by atoms with Gasteiger partial charge in [-0.05, 0) is 48.2 Å². The topological polar surface area (TPSA) is 127 Å². The third-order valence-electron chi connectivity index (χ3n) is 7.56. The van der Waals surface area contributed by atoms with Crippen molar-refractivity contribution >= 4 is 28.7 Å². The lowest BCUT2D eigenvalue weighted by Gasteiger charge is -2.30. The molecular formula is C37H39N5O5. The van der Waals surface area contributed by atoms with Crippen LogP contribution in [-0.2, 0) is 28.9 Å². The highest BCUT2D eigenvalue weighted by atomic mass is 16.6. The molecule has 0 bridgehead atoms. The highest BCUT2D eigenvalue weighted by Crippen LogP contribution is 2.25. The van der Waals surface area contributed by atoms with Crippen LogP contribution < -0.4 is 10.6 Å². The number of hydrogen-bond acceptors (Lipinski definition) is 7. The maximum absolute atomic E-state index is 14.3. The van der Waals surface area contributed by atoms with Gasteiger partial charge < -0.3 is 24.8 Å². The van der Waals surface area contributed by atoms with Crippen molar-refractivity contribution in [2.75, 3.05) is 7.05 Å². The average Bonchev–Trinajstić information content (AvgIpc) is 3.55. The van der Waals surface area contributed by atoms with Gasteiger partial charge in [-0.1, -0.05) is 108 Å². The molecule has 0 aliphatic carbocycles. The van der Waals surface area contributed by atoms with Gasteiger partial charge in [-0.15, -0.1) is 0 Å². The molecule has 2 N–H and O–H groups in total. The Hall–Kier alpha value is -5.51. The molecule has 0 saturated heterocycles. The van der Waals surface area contributed by atoms with E-state index >= 15 is 0 Å². The van der Waals surface area contributed by atoms with E-state index in [2.05, 4.69) is 20.8 Å². The van der Waals surface area contributed by atoms with Crippen molar-refractivity contribution in [1.29, 1.82) is 0 Å². The molecule has 0 fully saturated rings. The smallest absolute Gasteiger partial charge is 0.408 e. The molecule has 1 unspecified atom stereocenters. The van der Waals surface area contributed by atoms with Crippen LogP contribution >= 0.6 is 0 Å². The number of amides is 3. The molecule has 0 radical (unpaired) electrons. The van der Waals surface area contributed by atoms with E-state index in [0.717, 1.165) is 27.5 Å². The number of hydrogen-bond donors (Lipinski definition) is 2. The minimum atomic E-state index is -0.981. The minimum Gasteiger partial charge on any atom is -0.444 e. The zero-order chi connectivity index (χ0) is 33.4. The fourth-order valence-corrected chi connectivity index (χ4v) is 5.20. The van der Waals surface area contributed by atoms with Crippen molar-refractivity contribution in [3.05, 3.63) is 132 Å². The maximum atomic E-state index is 14.3. The van der Waals surface area contributed by atoms with Gasteiger partial charge in [-0.3, -0.25) is 9.59 Å². The van der Waals surface area contributed by atoms with Gasteiger partial charge in [-0.2, -0.15) is 4.98 Å². The van der Waals surface area contributed by atoms with E-state index in [1.54, 1.807) is 27.8 Å². The maximum Gasteiger partial charge on any atom is 0.408 e. The summed E-state index contributed by atoms with van der Waals surface area (Å²) in [5.74, 6) is -0.944. The van der Waals surface area contributed by atoms with Crippen LogP contribution in [0.5, 0.6) is 0 Å². The number of benzene rings is 4. The Balaban J connectivity index is 1.41. The Labute approximate surface area is 274 Å². The Morgan fingerprint density at radius 2 is 1.45 bits per heavy atom. The molecule has 5 aromatic rings. The second-order valence-corrected chi connectivity index (χ2v) is 12.4. The van der Waals surface area contributed by atoms with Gasteiger partial charge in [0, 0.05) is 26.4 Å². The van der Waals surface area contributed by atoms with E-state index in [1.165, 1.54) is 4.90 Å². The van der Waals surface area contributed by atoms with Crippen LogP contribution in [0.15, 0.2) is 108 Å². The average molecular weight is 634 g/mol. The summed E-state index contributed by atoms with van der Waals surface area (Å²) in [6.45, 7) is 5.58. The van der Waals surface area contributed by atoms with Crippen LogP contribution in [0.4, 0.5) is 4.79 Å². The molecule has 0 aliphatic heterocycles. The fraction of sp³-hybridized carbons (Fsp3) is 0.270. The molecule has 2 atom stereocenters. The number of nitrogens with zero attached hydrogens (tertiary/aromatic N) is 3. The van der Waals surface area contributed by atoms with Gasteiger partial charge in [0.15, 0.2) is 0 Å². The van der Waals surface area contributed by atoms with Crippen molar-refractivity contribution < 1.29 is 23.6 Å². The third-order valence-corrected chi connectivity index (χ3v) is 7.56. The van der Waals surface area contributed by atoms with Crippen molar-refractivity contribution in [3.8, 4) is 0 Å². The van der Waals surface area contributed by atoms with E-state index in [0.29, 0.717) is 13.0 Å². The summed E-state index contributed by atoms with van der Waals surface area (Å²) in [6, 6.07) is 31.2. The Morgan fingerprint density at radius 3 is 2.13 bits per heavy atom. The molecular weight excluding hydrogens is 594 g/mol. The zero-order valence-corrected chi connectivity index (χ0v) is 27.0. The normalized spacial score (nSPS) is 12.6. The van der Waals surface area contributed by atoms with Crippen molar-refractivity contribution in [1.82, 2.24) is 25.7 Å². The van der Waals surface area contributed by atoms with Gasteiger partial charge in [-0.25, -0.2) is 4.79 Å². The number of alkyl carbamates (subject to hydrolysis) is 1. The zero-order valence-electron chi connectivity index (χ0n) is 27.0. The first-order chi connectivity index (χ1) is 22.6. The van der Waals surface area contributed by atoms with Crippen LogP contribution in [0.25, 0.3) is 10.8 Å².